The Morgan fingerprint density at radius 3 is 2.17 bits per heavy atom. The van der Waals surface area contributed by atoms with Crippen molar-refractivity contribution in [1.82, 2.24) is 4.98 Å². The summed E-state index contributed by atoms with van der Waals surface area (Å²) in [6, 6.07) is 36.2. The average Bonchev–Trinajstić information content (AvgIpc) is 3.10. The molecule has 1 aliphatic carbocycles. The molecule has 1 aliphatic rings. The molecule has 1 nitrogen and oxygen atoms in total. The maximum atomic E-state index is 6.44. The van der Waals surface area contributed by atoms with Crippen molar-refractivity contribution in [2.45, 2.75) is 5.41 Å². The molecule has 1 aromatic heterocycles. The molecule has 0 radical (unpaired) electrons. The summed E-state index contributed by atoms with van der Waals surface area (Å²) in [6.45, 7) is 0. The van der Waals surface area contributed by atoms with E-state index in [1.165, 1.54) is 33.2 Å². The molecule has 30 heavy (non-hydrogen) atoms. The van der Waals surface area contributed by atoms with Crippen molar-refractivity contribution < 1.29 is 0 Å². The number of hydrogen-bond acceptors (Lipinski definition) is 1. The van der Waals surface area contributed by atoms with Gasteiger partial charge in [0.2, 0.25) is 0 Å². The minimum absolute atomic E-state index is 0.484. The van der Waals surface area contributed by atoms with E-state index < -0.39 is 5.41 Å². The summed E-state index contributed by atoms with van der Waals surface area (Å²) < 4.78 is 0. The van der Waals surface area contributed by atoms with Gasteiger partial charge in [-0.2, -0.15) is 0 Å². The highest BCUT2D eigenvalue weighted by Crippen LogP contribution is 2.56. The monoisotopic (exact) mass is 403 g/mol. The molecule has 0 bridgehead atoms. The molecule has 1 heterocycles. The SMILES string of the molecule is Clc1ccc2c(c1)-c1ccccc1C2(c1ccccc1)c1cc2ccccc2cn1. The van der Waals surface area contributed by atoms with Crippen LogP contribution in [0.3, 0.4) is 0 Å². The molecule has 0 amide bonds. The first-order chi connectivity index (χ1) is 14.8. The highest BCUT2D eigenvalue weighted by Gasteiger charge is 2.47. The number of fused-ring (bicyclic) bond motifs is 4. The van der Waals surface area contributed by atoms with E-state index in [2.05, 4.69) is 97.1 Å². The fraction of sp³-hybridized carbons (Fsp3) is 0.0357. The Kier molecular flexibility index (Phi) is 3.81. The highest BCUT2D eigenvalue weighted by molar-refractivity contribution is 6.31. The third-order valence-corrected chi connectivity index (χ3v) is 6.46. The molecule has 2 heteroatoms. The van der Waals surface area contributed by atoms with Gasteiger partial charge in [-0.15, -0.1) is 0 Å². The Balaban J connectivity index is 1.79. The van der Waals surface area contributed by atoms with Crippen LogP contribution in [0.25, 0.3) is 21.9 Å². The summed E-state index contributed by atoms with van der Waals surface area (Å²) in [7, 11) is 0. The van der Waals surface area contributed by atoms with E-state index in [9.17, 15) is 0 Å². The summed E-state index contributed by atoms with van der Waals surface area (Å²) in [5.41, 5.74) is 6.62. The van der Waals surface area contributed by atoms with Gasteiger partial charge in [-0.3, -0.25) is 4.98 Å². The van der Waals surface area contributed by atoms with Crippen molar-refractivity contribution in [3.8, 4) is 11.1 Å². The molecule has 1 unspecified atom stereocenters. The quantitative estimate of drug-likeness (QED) is 0.296. The summed E-state index contributed by atoms with van der Waals surface area (Å²) in [5.74, 6) is 0. The second-order valence-corrected chi connectivity index (χ2v) is 8.20. The molecule has 4 aromatic carbocycles. The zero-order chi connectivity index (χ0) is 20.1. The van der Waals surface area contributed by atoms with Crippen molar-refractivity contribution in [1.29, 1.82) is 0 Å². The number of aromatic nitrogens is 1. The molecule has 142 valence electrons. The molecule has 1 atom stereocenters. The van der Waals surface area contributed by atoms with Gasteiger partial charge in [0.25, 0.3) is 0 Å². The number of hydrogen-bond donors (Lipinski definition) is 0. The molecule has 5 aromatic rings. The predicted octanol–water partition coefficient (Wildman–Crippen LogP) is 7.25. The molecule has 0 fully saturated rings. The van der Waals surface area contributed by atoms with E-state index in [-0.39, 0.29) is 0 Å². The van der Waals surface area contributed by atoms with Gasteiger partial charge in [0.1, 0.15) is 0 Å². The number of benzene rings is 4. The number of halogens is 1. The molecule has 0 saturated carbocycles. The fourth-order valence-electron chi connectivity index (χ4n) is 4.97. The van der Waals surface area contributed by atoms with Gasteiger partial charge in [0.15, 0.2) is 0 Å². The highest BCUT2D eigenvalue weighted by atomic mass is 35.5. The minimum atomic E-state index is -0.484. The molecule has 0 spiro atoms. The van der Waals surface area contributed by atoms with Crippen LogP contribution in [-0.2, 0) is 5.41 Å². The van der Waals surface area contributed by atoms with Crippen molar-refractivity contribution >= 4 is 22.4 Å². The van der Waals surface area contributed by atoms with E-state index in [1.54, 1.807) is 0 Å². The van der Waals surface area contributed by atoms with Crippen LogP contribution in [0.5, 0.6) is 0 Å². The molecule has 0 aliphatic heterocycles. The first-order valence-corrected chi connectivity index (χ1v) is 10.5. The van der Waals surface area contributed by atoms with E-state index in [0.717, 1.165) is 16.1 Å². The van der Waals surface area contributed by atoms with Crippen LogP contribution >= 0.6 is 11.6 Å². The average molecular weight is 404 g/mol. The normalized spacial score (nSPS) is 17.0. The predicted molar refractivity (Wildman–Crippen MR) is 124 cm³/mol. The number of pyridine rings is 1. The summed E-state index contributed by atoms with van der Waals surface area (Å²) in [6.07, 6.45) is 1.99. The van der Waals surface area contributed by atoms with Crippen LogP contribution in [0.2, 0.25) is 5.02 Å². The van der Waals surface area contributed by atoms with Crippen molar-refractivity contribution in [2.75, 3.05) is 0 Å². The molecular weight excluding hydrogens is 386 g/mol. The van der Waals surface area contributed by atoms with Crippen LogP contribution in [0.1, 0.15) is 22.4 Å². The Labute approximate surface area is 180 Å². The molecule has 0 saturated heterocycles. The first kappa shape index (κ1) is 17.4. The van der Waals surface area contributed by atoms with E-state index >= 15 is 0 Å². The topological polar surface area (TPSA) is 12.9 Å². The van der Waals surface area contributed by atoms with E-state index in [4.69, 9.17) is 16.6 Å². The van der Waals surface area contributed by atoms with Gasteiger partial charge in [0, 0.05) is 16.6 Å². The second-order valence-electron chi connectivity index (χ2n) is 7.77. The largest absolute Gasteiger partial charge is 0.259 e. The second kappa shape index (κ2) is 6.55. The Morgan fingerprint density at radius 1 is 0.600 bits per heavy atom. The number of rotatable bonds is 2. The lowest BCUT2D eigenvalue weighted by atomic mass is 9.69. The van der Waals surface area contributed by atoms with Crippen LogP contribution in [0, 0.1) is 0 Å². The van der Waals surface area contributed by atoms with Crippen molar-refractivity contribution in [3.05, 3.63) is 137 Å². The summed E-state index contributed by atoms with van der Waals surface area (Å²) in [5, 5.41) is 3.09. The fourth-order valence-corrected chi connectivity index (χ4v) is 5.14. The van der Waals surface area contributed by atoms with Crippen molar-refractivity contribution in [2.24, 2.45) is 0 Å². The summed E-state index contributed by atoms with van der Waals surface area (Å²) in [4.78, 5) is 5.02. The smallest absolute Gasteiger partial charge is 0.0886 e. The third kappa shape index (κ3) is 2.33. The van der Waals surface area contributed by atoms with Gasteiger partial charge in [-0.25, -0.2) is 0 Å². The lowest BCUT2D eigenvalue weighted by molar-refractivity contribution is 0.737. The van der Waals surface area contributed by atoms with Gasteiger partial charge in [-0.1, -0.05) is 96.5 Å². The van der Waals surface area contributed by atoms with Gasteiger partial charge >= 0.3 is 0 Å². The Morgan fingerprint density at radius 2 is 1.30 bits per heavy atom. The van der Waals surface area contributed by atoms with Crippen LogP contribution < -0.4 is 0 Å². The molecular formula is C28H18ClN. The maximum absolute atomic E-state index is 6.44. The van der Waals surface area contributed by atoms with Gasteiger partial charge in [0.05, 0.1) is 11.1 Å². The standard InChI is InChI=1S/C28H18ClN/c29-22-14-15-26-24(17-22)23-12-6-7-13-25(23)28(26,21-10-2-1-3-11-21)27-16-19-8-4-5-9-20(19)18-30-27/h1-18H. The lowest BCUT2D eigenvalue weighted by Crippen LogP contribution is -2.29. The zero-order valence-electron chi connectivity index (χ0n) is 16.2. The minimum Gasteiger partial charge on any atom is -0.259 e. The third-order valence-electron chi connectivity index (χ3n) is 6.23. The maximum Gasteiger partial charge on any atom is 0.0886 e. The Hall–Kier alpha value is -3.42. The zero-order valence-corrected chi connectivity index (χ0v) is 17.0. The van der Waals surface area contributed by atoms with Gasteiger partial charge < -0.3 is 0 Å². The lowest BCUT2D eigenvalue weighted by Gasteiger charge is -2.32. The van der Waals surface area contributed by atoms with Crippen LogP contribution in [0.15, 0.2) is 109 Å². The van der Waals surface area contributed by atoms with Crippen LogP contribution in [0.4, 0.5) is 0 Å². The number of nitrogens with zero attached hydrogens (tertiary/aromatic N) is 1. The van der Waals surface area contributed by atoms with Crippen molar-refractivity contribution in [3.63, 3.8) is 0 Å². The molecule has 6 rings (SSSR count). The van der Waals surface area contributed by atoms with E-state index in [1.807, 2.05) is 12.3 Å². The summed E-state index contributed by atoms with van der Waals surface area (Å²) >= 11 is 6.44. The van der Waals surface area contributed by atoms with Crippen LogP contribution in [-0.4, -0.2) is 4.98 Å². The molecule has 0 N–H and O–H groups in total. The first-order valence-electron chi connectivity index (χ1n) is 10.1. The Bertz CT molecular complexity index is 1410. The van der Waals surface area contributed by atoms with Gasteiger partial charge in [-0.05, 0) is 51.4 Å². The van der Waals surface area contributed by atoms with E-state index in [0.29, 0.717) is 0 Å².